The maximum absolute atomic E-state index is 13.7. The normalized spacial score (nSPS) is 13.9. The zero-order valence-corrected chi connectivity index (χ0v) is 27.6. The minimum absolute atomic E-state index is 0.117. The zero-order valence-electron chi connectivity index (χ0n) is 26.8. The summed E-state index contributed by atoms with van der Waals surface area (Å²) >= 11 is 6.72. The summed E-state index contributed by atoms with van der Waals surface area (Å²) in [5.74, 6) is -3.29. The van der Waals surface area contributed by atoms with E-state index in [9.17, 15) is 31.9 Å². The molecule has 1 aliphatic rings. The number of carbonyl (C=O) groups is 2. The number of benzene rings is 4. The van der Waals surface area contributed by atoms with Crippen LogP contribution >= 0.6 is 11.6 Å². The first-order chi connectivity index (χ1) is 24.4. The Balaban J connectivity index is 1.39. The van der Waals surface area contributed by atoms with E-state index in [0.717, 1.165) is 50.1 Å². The van der Waals surface area contributed by atoms with Gasteiger partial charge in [-0.1, -0.05) is 48.0 Å². The van der Waals surface area contributed by atoms with E-state index in [-0.39, 0.29) is 22.8 Å². The number of piperazine rings is 1. The van der Waals surface area contributed by atoms with Crippen molar-refractivity contribution in [3.8, 4) is 11.1 Å². The van der Waals surface area contributed by atoms with Gasteiger partial charge in [0.1, 0.15) is 11.4 Å². The lowest BCUT2D eigenvalue weighted by Gasteiger charge is -2.36. The molecule has 0 atom stereocenters. The highest BCUT2D eigenvalue weighted by molar-refractivity contribution is 6.32. The second kappa shape index (κ2) is 14.8. The van der Waals surface area contributed by atoms with Crippen molar-refractivity contribution in [1.82, 2.24) is 4.90 Å². The van der Waals surface area contributed by atoms with Crippen molar-refractivity contribution < 1.29 is 36.7 Å². The summed E-state index contributed by atoms with van der Waals surface area (Å²) in [6.45, 7) is 3.52. The molecule has 1 aliphatic heterocycles. The van der Waals surface area contributed by atoms with Gasteiger partial charge >= 0.3 is 17.8 Å². The van der Waals surface area contributed by atoms with Crippen LogP contribution in [0.2, 0.25) is 5.02 Å². The van der Waals surface area contributed by atoms with Crippen molar-refractivity contribution in [2.24, 2.45) is 0 Å². The molecule has 2 heterocycles. The van der Waals surface area contributed by atoms with E-state index < -0.39 is 47.2 Å². The van der Waals surface area contributed by atoms with E-state index in [1.165, 1.54) is 12.1 Å². The third-order valence-corrected chi connectivity index (χ3v) is 8.90. The minimum Gasteiger partial charge on any atom is -0.478 e. The number of hydrogen-bond acceptors (Lipinski definition) is 6. The van der Waals surface area contributed by atoms with Crippen LogP contribution in [0.15, 0.2) is 100 Å². The molecule has 0 unspecified atom stereocenters. The van der Waals surface area contributed by atoms with Gasteiger partial charge in [0, 0.05) is 66.5 Å². The van der Waals surface area contributed by atoms with Crippen LogP contribution in [0, 0.1) is 5.82 Å². The Bertz CT molecular complexity index is 2200. The van der Waals surface area contributed by atoms with Crippen LogP contribution in [0.25, 0.3) is 28.2 Å². The third kappa shape index (κ3) is 8.30. The highest BCUT2D eigenvalue weighted by Crippen LogP contribution is 2.37. The molecular formula is C38H30ClF4N3O5. The lowest BCUT2D eigenvalue weighted by Crippen LogP contribution is -2.46. The fourth-order valence-electron chi connectivity index (χ4n) is 6.14. The van der Waals surface area contributed by atoms with Crippen molar-refractivity contribution >= 4 is 51.9 Å². The highest BCUT2D eigenvalue weighted by Gasteiger charge is 2.34. The number of aliphatic carboxylic acids is 1. The maximum atomic E-state index is 13.7. The van der Waals surface area contributed by atoms with Crippen LogP contribution in [0.5, 0.6) is 0 Å². The van der Waals surface area contributed by atoms with Crippen molar-refractivity contribution in [3.05, 3.63) is 135 Å². The lowest BCUT2D eigenvalue weighted by molar-refractivity contribution is -0.137. The molecule has 5 aromatic rings. The van der Waals surface area contributed by atoms with Gasteiger partial charge < -0.3 is 19.7 Å². The molecule has 0 bridgehead atoms. The fraction of sp³-hybridized carbons (Fsp3) is 0.184. The number of carboxylic acid groups (broad SMARTS) is 1. The van der Waals surface area contributed by atoms with Gasteiger partial charge in [0.25, 0.3) is 0 Å². The Hall–Kier alpha value is -5.46. The predicted octanol–water partition coefficient (Wildman–Crippen LogP) is 7.87. The standard InChI is InChI=1S/C38H30ClF4N3O5/c39-31-21-33-28(18-25(31)22-45-13-15-46(16-14-45)27-7-2-1-3-8-27)36(24-6-4-5-23(17-24)9-12-35(48)49)29(37(50)51-33)20-34(47)44-32-11-10-26(40)19-30(32)38(41,42)43/h1-12,17-19,21H,13-16,20,22H2,(H,44,47)(H,48,49). The number of hydrogen-bond donors (Lipinski definition) is 2. The zero-order chi connectivity index (χ0) is 36.3. The van der Waals surface area contributed by atoms with Gasteiger partial charge in [0.05, 0.1) is 23.2 Å². The molecule has 1 saturated heterocycles. The number of nitrogens with zero attached hydrogens (tertiary/aromatic N) is 2. The van der Waals surface area contributed by atoms with Gasteiger partial charge in [-0.25, -0.2) is 14.0 Å². The maximum Gasteiger partial charge on any atom is 0.418 e. The van der Waals surface area contributed by atoms with E-state index in [1.54, 1.807) is 30.3 Å². The average Bonchev–Trinajstić information content (AvgIpc) is 3.09. The van der Waals surface area contributed by atoms with E-state index in [0.29, 0.717) is 33.6 Å². The van der Waals surface area contributed by atoms with Crippen LogP contribution in [0.1, 0.15) is 22.3 Å². The van der Waals surface area contributed by atoms with E-state index in [4.69, 9.17) is 21.1 Å². The second-order valence-electron chi connectivity index (χ2n) is 12.0. The van der Waals surface area contributed by atoms with Crippen molar-refractivity contribution in [3.63, 3.8) is 0 Å². The molecule has 51 heavy (non-hydrogen) atoms. The van der Waals surface area contributed by atoms with Gasteiger partial charge in [-0.15, -0.1) is 0 Å². The van der Waals surface area contributed by atoms with Gasteiger partial charge in [0.15, 0.2) is 0 Å². The van der Waals surface area contributed by atoms with Crippen LogP contribution in [0.4, 0.5) is 28.9 Å². The Kier molecular flexibility index (Phi) is 10.3. The number of carboxylic acids is 1. The molecule has 6 rings (SSSR count). The number of amides is 1. The number of halogens is 5. The molecule has 13 heteroatoms. The molecule has 2 N–H and O–H groups in total. The van der Waals surface area contributed by atoms with Gasteiger partial charge in [-0.3, -0.25) is 9.69 Å². The topological polar surface area (TPSA) is 103 Å². The first-order valence-electron chi connectivity index (χ1n) is 15.8. The first-order valence-corrected chi connectivity index (χ1v) is 16.2. The largest absolute Gasteiger partial charge is 0.478 e. The smallest absolute Gasteiger partial charge is 0.418 e. The molecule has 1 fully saturated rings. The molecule has 0 radical (unpaired) electrons. The molecule has 0 saturated carbocycles. The molecule has 1 amide bonds. The molecular weight excluding hydrogens is 690 g/mol. The predicted molar refractivity (Wildman–Crippen MR) is 187 cm³/mol. The molecule has 8 nitrogen and oxygen atoms in total. The van der Waals surface area contributed by atoms with E-state index in [1.807, 2.05) is 18.2 Å². The minimum atomic E-state index is -4.97. The number of carbonyl (C=O) groups excluding carboxylic acids is 1. The Morgan fingerprint density at radius 2 is 1.69 bits per heavy atom. The third-order valence-electron chi connectivity index (χ3n) is 8.55. The lowest BCUT2D eigenvalue weighted by atomic mass is 9.93. The number of anilines is 2. The number of rotatable bonds is 9. The SMILES string of the molecule is O=C(O)C=Cc1cccc(-c2c(CC(=O)Nc3ccc(F)cc3C(F)(F)F)c(=O)oc3cc(Cl)c(CN4CCN(c5ccccc5)CC4)cc23)c1. The van der Waals surface area contributed by atoms with Crippen molar-refractivity contribution in [2.45, 2.75) is 19.1 Å². The molecule has 0 aliphatic carbocycles. The summed E-state index contributed by atoms with van der Waals surface area (Å²) in [6.07, 6.45) is -3.36. The van der Waals surface area contributed by atoms with Gasteiger partial charge in [-0.05, 0) is 65.2 Å². The molecule has 0 spiro atoms. The summed E-state index contributed by atoms with van der Waals surface area (Å²) in [5.41, 5.74) is -0.0159. The quantitative estimate of drug-likeness (QED) is 0.0908. The number of fused-ring (bicyclic) bond motifs is 1. The summed E-state index contributed by atoms with van der Waals surface area (Å²) in [5, 5.41) is 12.1. The van der Waals surface area contributed by atoms with Crippen molar-refractivity contribution in [1.29, 1.82) is 0 Å². The van der Waals surface area contributed by atoms with E-state index >= 15 is 0 Å². The Labute approximate surface area is 294 Å². The van der Waals surface area contributed by atoms with Crippen LogP contribution < -0.4 is 15.8 Å². The van der Waals surface area contributed by atoms with Crippen LogP contribution in [0.3, 0.4) is 0 Å². The average molecular weight is 720 g/mol. The second-order valence-corrected chi connectivity index (χ2v) is 12.4. The van der Waals surface area contributed by atoms with E-state index in [2.05, 4.69) is 27.2 Å². The van der Waals surface area contributed by atoms with Crippen LogP contribution in [-0.4, -0.2) is 48.1 Å². The van der Waals surface area contributed by atoms with Gasteiger partial charge in [-0.2, -0.15) is 13.2 Å². The Morgan fingerprint density at radius 3 is 2.39 bits per heavy atom. The first kappa shape index (κ1) is 35.4. The fourth-order valence-corrected chi connectivity index (χ4v) is 6.35. The van der Waals surface area contributed by atoms with Crippen molar-refractivity contribution in [2.75, 3.05) is 36.4 Å². The molecule has 4 aromatic carbocycles. The summed E-state index contributed by atoms with van der Waals surface area (Å²) in [4.78, 5) is 42.6. The highest BCUT2D eigenvalue weighted by atomic mass is 35.5. The molecule has 1 aromatic heterocycles. The summed E-state index contributed by atoms with van der Waals surface area (Å²) < 4.78 is 60.4. The molecule has 262 valence electrons. The monoisotopic (exact) mass is 719 g/mol. The summed E-state index contributed by atoms with van der Waals surface area (Å²) in [6, 6.07) is 21.8. The Morgan fingerprint density at radius 1 is 0.941 bits per heavy atom. The van der Waals surface area contributed by atoms with Crippen LogP contribution in [-0.2, 0) is 28.7 Å². The summed E-state index contributed by atoms with van der Waals surface area (Å²) in [7, 11) is 0. The number of nitrogens with one attached hydrogen (secondary N) is 1. The number of alkyl halides is 3. The van der Waals surface area contributed by atoms with Gasteiger partial charge in [0.2, 0.25) is 5.91 Å². The number of para-hydroxylation sites is 1.